The molecule has 1 aliphatic rings. The fourth-order valence-electron chi connectivity index (χ4n) is 2.25. The number of likely N-dealkylation sites (tertiary alicyclic amines) is 1. The van der Waals surface area contributed by atoms with Crippen molar-refractivity contribution in [2.24, 2.45) is 5.41 Å². The van der Waals surface area contributed by atoms with Crippen LogP contribution in [0, 0.1) is 5.41 Å². The van der Waals surface area contributed by atoms with Gasteiger partial charge in [-0.3, -0.25) is 9.78 Å². The van der Waals surface area contributed by atoms with E-state index in [0.29, 0.717) is 17.3 Å². The smallest absolute Gasteiger partial charge is 0.269 e. The van der Waals surface area contributed by atoms with E-state index in [1.807, 2.05) is 0 Å². The molecule has 0 atom stereocenters. The van der Waals surface area contributed by atoms with Gasteiger partial charge in [0.05, 0.1) is 0 Å². The Morgan fingerprint density at radius 3 is 2.84 bits per heavy atom. The number of nitrogens with zero attached hydrogens (tertiary/aromatic N) is 2. The SMILES string of the molecule is CN1CCC(C)(CNC(=O)c2cc(Cl)ccn2)CC1. The first-order valence-corrected chi connectivity index (χ1v) is 6.95. The van der Waals surface area contributed by atoms with E-state index in [-0.39, 0.29) is 11.3 Å². The fraction of sp³-hybridized carbons (Fsp3) is 0.571. The molecular formula is C14H20ClN3O. The zero-order valence-electron chi connectivity index (χ0n) is 11.4. The molecule has 1 aromatic heterocycles. The average molecular weight is 282 g/mol. The number of hydrogen-bond acceptors (Lipinski definition) is 3. The van der Waals surface area contributed by atoms with Crippen LogP contribution in [0.5, 0.6) is 0 Å². The maximum atomic E-state index is 12.0. The zero-order chi connectivity index (χ0) is 13.9. The molecule has 1 aliphatic heterocycles. The van der Waals surface area contributed by atoms with Gasteiger partial charge in [0.1, 0.15) is 5.69 Å². The highest BCUT2D eigenvalue weighted by atomic mass is 35.5. The van der Waals surface area contributed by atoms with E-state index in [2.05, 4.69) is 29.2 Å². The summed E-state index contributed by atoms with van der Waals surface area (Å²) in [5.41, 5.74) is 0.560. The van der Waals surface area contributed by atoms with Crippen LogP contribution in [0.1, 0.15) is 30.3 Å². The summed E-state index contributed by atoms with van der Waals surface area (Å²) < 4.78 is 0. The van der Waals surface area contributed by atoms with Crippen molar-refractivity contribution in [3.8, 4) is 0 Å². The lowest BCUT2D eigenvalue weighted by Gasteiger charge is -2.37. The molecule has 2 rings (SSSR count). The number of carbonyl (C=O) groups is 1. The number of hydrogen-bond donors (Lipinski definition) is 1. The van der Waals surface area contributed by atoms with Crippen LogP contribution in [0.3, 0.4) is 0 Å². The molecule has 2 heterocycles. The highest BCUT2D eigenvalue weighted by molar-refractivity contribution is 6.30. The second-order valence-electron chi connectivity index (χ2n) is 5.66. The minimum Gasteiger partial charge on any atom is -0.350 e. The van der Waals surface area contributed by atoms with Gasteiger partial charge in [0.25, 0.3) is 5.91 Å². The van der Waals surface area contributed by atoms with Crippen LogP contribution >= 0.6 is 11.6 Å². The molecule has 1 saturated heterocycles. The van der Waals surface area contributed by atoms with Gasteiger partial charge in [-0.2, -0.15) is 0 Å². The summed E-state index contributed by atoms with van der Waals surface area (Å²) in [5.74, 6) is -0.150. The third kappa shape index (κ3) is 3.91. The molecule has 5 heteroatoms. The van der Waals surface area contributed by atoms with Crippen molar-refractivity contribution in [2.45, 2.75) is 19.8 Å². The van der Waals surface area contributed by atoms with Crippen molar-refractivity contribution in [3.05, 3.63) is 29.0 Å². The topological polar surface area (TPSA) is 45.2 Å². The van der Waals surface area contributed by atoms with Crippen LogP contribution in [-0.2, 0) is 0 Å². The summed E-state index contributed by atoms with van der Waals surface area (Å²) in [6, 6.07) is 3.25. The lowest BCUT2D eigenvalue weighted by molar-refractivity contribution is 0.0887. The second-order valence-corrected chi connectivity index (χ2v) is 6.09. The summed E-state index contributed by atoms with van der Waals surface area (Å²) in [5, 5.41) is 3.51. The highest BCUT2D eigenvalue weighted by Crippen LogP contribution is 2.29. The van der Waals surface area contributed by atoms with Gasteiger partial charge in [-0.05, 0) is 50.5 Å². The van der Waals surface area contributed by atoms with E-state index in [4.69, 9.17) is 11.6 Å². The van der Waals surface area contributed by atoms with Crippen LogP contribution in [0.15, 0.2) is 18.3 Å². The molecule has 0 saturated carbocycles. The van der Waals surface area contributed by atoms with E-state index in [1.54, 1.807) is 18.3 Å². The molecule has 104 valence electrons. The number of halogens is 1. The molecule has 1 amide bonds. The van der Waals surface area contributed by atoms with Crippen molar-refractivity contribution in [1.29, 1.82) is 0 Å². The van der Waals surface area contributed by atoms with E-state index in [9.17, 15) is 4.79 Å². The molecule has 0 aliphatic carbocycles. The Bertz CT molecular complexity index is 456. The van der Waals surface area contributed by atoms with Crippen LogP contribution in [-0.4, -0.2) is 42.5 Å². The molecule has 0 aromatic carbocycles. The van der Waals surface area contributed by atoms with Crippen molar-refractivity contribution >= 4 is 17.5 Å². The van der Waals surface area contributed by atoms with Gasteiger partial charge in [-0.25, -0.2) is 0 Å². The van der Waals surface area contributed by atoms with E-state index < -0.39 is 0 Å². The Balaban J connectivity index is 1.90. The molecule has 19 heavy (non-hydrogen) atoms. The van der Waals surface area contributed by atoms with Gasteiger partial charge in [0, 0.05) is 17.8 Å². The number of amides is 1. The van der Waals surface area contributed by atoms with Crippen molar-refractivity contribution in [1.82, 2.24) is 15.2 Å². The Labute approximate surface area is 119 Å². The Kier molecular flexibility index (Phi) is 4.42. The summed E-state index contributed by atoms with van der Waals surface area (Å²) >= 11 is 5.86. The van der Waals surface area contributed by atoms with Crippen LogP contribution in [0.25, 0.3) is 0 Å². The molecule has 0 bridgehead atoms. The van der Waals surface area contributed by atoms with E-state index >= 15 is 0 Å². The first kappa shape index (κ1) is 14.3. The number of piperidine rings is 1. The molecule has 0 unspecified atom stereocenters. The summed E-state index contributed by atoms with van der Waals surface area (Å²) in [4.78, 5) is 18.4. The molecule has 0 spiro atoms. The third-order valence-corrected chi connectivity index (χ3v) is 4.06. The third-order valence-electron chi connectivity index (χ3n) is 3.82. The Morgan fingerprint density at radius 1 is 1.53 bits per heavy atom. The standard InChI is InChI=1S/C14H20ClN3O/c1-14(4-7-18(2)8-5-14)10-17-13(19)12-9-11(15)3-6-16-12/h3,6,9H,4-5,7-8,10H2,1-2H3,(H,17,19). The molecule has 1 N–H and O–H groups in total. The van der Waals surface area contributed by atoms with Crippen molar-refractivity contribution < 1.29 is 4.79 Å². The summed E-state index contributed by atoms with van der Waals surface area (Å²) in [6.07, 6.45) is 3.76. The predicted octanol–water partition coefficient (Wildman–Crippen LogP) is 2.20. The Hall–Kier alpha value is -1.13. The minimum absolute atomic E-state index is 0.150. The fourth-order valence-corrected chi connectivity index (χ4v) is 2.41. The molecule has 1 aromatic rings. The normalized spacial score (nSPS) is 19.1. The van der Waals surface area contributed by atoms with Gasteiger partial charge in [0.2, 0.25) is 0 Å². The van der Waals surface area contributed by atoms with Crippen molar-refractivity contribution in [2.75, 3.05) is 26.7 Å². The van der Waals surface area contributed by atoms with Crippen LogP contribution in [0.4, 0.5) is 0 Å². The molecule has 1 fully saturated rings. The minimum atomic E-state index is -0.150. The summed E-state index contributed by atoms with van der Waals surface area (Å²) in [6.45, 7) is 5.09. The average Bonchev–Trinajstić information content (AvgIpc) is 2.40. The first-order chi connectivity index (χ1) is 8.98. The van der Waals surface area contributed by atoms with Gasteiger partial charge in [-0.15, -0.1) is 0 Å². The lowest BCUT2D eigenvalue weighted by Crippen LogP contribution is -2.43. The van der Waals surface area contributed by atoms with Crippen LogP contribution < -0.4 is 5.32 Å². The maximum absolute atomic E-state index is 12.0. The molecule has 4 nitrogen and oxygen atoms in total. The number of nitrogens with one attached hydrogen (secondary N) is 1. The monoisotopic (exact) mass is 281 g/mol. The van der Waals surface area contributed by atoms with Gasteiger partial charge >= 0.3 is 0 Å². The first-order valence-electron chi connectivity index (χ1n) is 6.57. The van der Waals surface area contributed by atoms with Gasteiger partial charge in [0.15, 0.2) is 0 Å². The number of pyridine rings is 1. The molecule has 0 radical (unpaired) electrons. The predicted molar refractivity (Wildman–Crippen MR) is 76.4 cm³/mol. The van der Waals surface area contributed by atoms with Crippen molar-refractivity contribution in [3.63, 3.8) is 0 Å². The number of rotatable bonds is 3. The van der Waals surface area contributed by atoms with E-state index in [1.165, 1.54) is 0 Å². The second kappa shape index (κ2) is 5.88. The quantitative estimate of drug-likeness (QED) is 0.924. The van der Waals surface area contributed by atoms with Gasteiger partial charge < -0.3 is 10.2 Å². The number of carbonyl (C=O) groups excluding carboxylic acids is 1. The largest absolute Gasteiger partial charge is 0.350 e. The lowest BCUT2D eigenvalue weighted by atomic mass is 9.80. The molecular weight excluding hydrogens is 262 g/mol. The van der Waals surface area contributed by atoms with Gasteiger partial charge in [-0.1, -0.05) is 18.5 Å². The van der Waals surface area contributed by atoms with Crippen LogP contribution in [0.2, 0.25) is 5.02 Å². The zero-order valence-corrected chi connectivity index (χ0v) is 12.2. The summed E-state index contributed by atoms with van der Waals surface area (Å²) in [7, 11) is 2.13. The Morgan fingerprint density at radius 2 is 2.21 bits per heavy atom. The number of aromatic nitrogens is 1. The highest BCUT2D eigenvalue weighted by Gasteiger charge is 2.29. The van der Waals surface area contributed by atoms with E-state index in [0.717, 1.165) is 25.9 Å². The maximum Gasteiger partial charge on any atom is 0.269 e.